The molecule has 0 saturated carbocycles. The summed E-state index contributed by atoms with van der Waals surface area (Å²) in [6, 6.07) is 3.57. The molecule has 1 unspecified atom stereocenters. The van der Waals surface area contributed by atoms with Gasteiger partial charge in [0.2, 0.25) is 10.0 Å². The normalized spacial score (nSPS) is 13.8. The minimum Gasteiger partial charge on any atom is -0.396 e. The van der Waals surface area contributed by atoms with Gasteiger partial charge in [0.1, 0.15) is 10.7 Å². The number of rotatable bonds is 6. The summed E-state index contributed by atoms with van der Waals surface area (Å²) >= 11 is 0. The first-order valence-corrected chi connectivity index (χ1v) is 7.65. The zero-order valence-corrected chi connectivity index (χ0v) is 12.2. The Morgan fingerprint density at radius 3 is 2.47 bits per heavy atom. The summed E-state index contributed by atoms with van der Waals surface area (Å²) in [5, 5.41) is 8.94. The molecular weight excluding hydrogens is 269 g/mol. The predicted molar refractivity (Wildman–Crippen MR) is 71.8 cm³/mol. The van der Waals surface area contributed by atoms with Crippen molar-refractivity contribution in [2.45, 2.75) is 38.1 Å². The maximum absolute atomic E-state index is 13.7. The maximum Gasteiger partial charge on any atom is 0.243 e. The number of benzene rings is 1. The highest BCUT2D eigenvalue weighted by Crippen LogP contribution is 2.18. The maximum atomic E-state index is 13.7. The molecule has 0 heterocycles. The lowest BCUT2D eigenvalue weighted by Crippen LogP contribution is -2.39. The van der Waals surface area contributed by atoms with Gasteiger partial charge < -0.3 is 5.11 Å². The van der Waals surface area contributed by atoms with Crippen LogP contribution >= 0.6 is 0 Å². The van der Waals surface area contributed by atoms with Gasteiger partial charge in [0.25, 0.3) is 0 Å². The third-order valence-corrected chi connectivity index (χ3v) is 4.45. The molecule has 1 aromatic carbocycles. The van der Waals surface area contributed by atoms with E-state index in [1.807, 2.05) is 13.8 Å². The van der Waals surface area contributed by atoms with Gasteiger partial charge >= 0.3 is 0 Å². The Morgan fingerprint density at radius 1 is 1.37 bits per heavy atom. The zero-order valence-electron chi connectivity index (χ0n) is 11.4. The van der Waals surface area contributed by atoms with Crippen molar-refractivity contribution in [3.63, 3.8) is 0 Å². The van der Waals surface area contributed by atoms with Crippen molar-refractivity contribution in [2.75, 3.05) is 6.61 Å². The molecule has 4 nitrogen and oxygen atoms in total. The van der Waals surface area contributed by atoms with Crippen molar-refractivity contribution >= 4 is 10.0 Å². The molecular formula is C13H20FNO3S. The number of nitrogens with one attached hydrogen (secondary N) is 1. The Labute approximate surface area is 113 Å². The van der Waals surface area contributed by atoms with Crippen molar-refractivity contribution in [1.29, 1.82) is 0 Å². The van der Waals surface area contributed by atoms with Crippen LogP contribution in [0.4, 0.5) is 4.39 Å². The van der Waals surface area contributed by atoms with Crippen LogP contribution in [0.1, 0.15) is 25.8 Å². The Bertz CT molecular complexity index is 529. The highest BCUT2D eigenvalue weighted by atomic mass is 32.2. The van der Waals surface area contributed by atoms with Gasteiger partial charge in [0.15, 0.2) is 0 Å². The van der Waals surface area contributed by atoms with E-state index in [0.717, 1.165) is 0 Å². The largest absolute Gasteiger partial charge is 0.396 e. The van der Waals surface area contributed by atoms with Crippen molar-refractivity contribution in [3.8, 4) is 0 Å². The van der Waals surface area contributed by atoms with Gasteiger partial charge in [0, 0.05) is 12.6 Å². The van der Waals surface area contributed by atoms with Gasteiger partial charge in [-0.15, -0.1) is 0 Å². The average molecular weight is 289 g/mol. The SMILES string of the molecule is Cc1ccc(S(=O)(=O)NC(CCO)C(C)C)c(F)c1. The van der Waals surface area contributed by atoms with Crippen LogP contribution in [-0.4, -0.2) is 26.2 Å². The average Bonchev–Trinajstić information content (AvgIpc) is 2.27. The first kappa shape index (κ1) is 16.1. The van der Waals surface area contributed by atoms with E-state index in [0.29, 0.717) is 12.0 Å². The molecule has 0 aliphatic carbocycles. The Balaban J connectivity index is 3.03. The molecule has 0 amide bonds. The van der Waals surface area contributed by atoms with Gasteiger partial charge in [-0.25, -0.2) is 17.5 Å². The predicted octanol–water partition coefficient (Wildman–Crippen LogP) is 1.82. The smallest absolute Gasteiger partial charge is 0.243 e. The lowest BCUT2D eigenvalue weighted by atomic mass is 10.0. The van der Waals surface area contributed by atoms with E-state index >= 15 is 0 Å². The van der Waals surface area contributed by atoms with E-state index in [2.05, 4.69) is 4.72 Å². The van der Waals surface area contributed by atoms with Gasteiger partial charge in [-0.2, -0.15) is 0 Å². The topological polar surface area (TPSA) is 66.4 Å². The molecule has 0 fully saturated rings. The highest BCUT2D eigenvalue weighted by molar-refractivity contribution is 7.89. The quantitative estimate of drug-likeness (QED) is 0.839. The van der Waals surface area contributed by atoms with Gasteiger partial charge in [-0.3, -0.25) is 0 Å². The lowest BCUT2D eigenvalue weighted by Gasteiger charge is -2.21. The monoisotopic (exact) mass is 289 g/mol. The molecule has 1 aromatic rings. The minimum absolute atomic E-state index is 0.00966. The molecule has 0 bridgehead atoms. The van der Waals surface area contributed by atoms with E-state index in [1.165, 1.54) is 12.1 Å². The fraction of sp³-hybridized carbons (Fsp3) is 0.538. The first-order chi connectivity index (χ1) is 8.77. The Kier molecular flexibility index (Phi) is 5.46. The van der Waals surface area contributed by atoms with Crippen molar-refractivity contribution < 1.29 is 17.9 Å². The first-order valence-electron chi connectivity index (χ1n) is 6.17. The number of aliphatic hydroxyl groups excluding tert-OH is 1. The van der Waals surface area contributed by atoms with E-state index in [-0.39, 0.29) is 17.4 Å². The van der Waals surface area contributed by atoms with Gasteiger partial charge in [-0.05, 0) is 37.0 Å². The molecule has 0 aromatic heterocycles. The Hall–Kier alpha value is -0.980. The summed E-state index contributed by atoms with van der Waals surface area (Å²) in [5.74, 6) is -0.755. The molecule has 1 atom stereocenters. The standard InChI is InChI=1S/C13H20FNO3S/c1-9(2)12(6-7-16)15-19(17,18)13-5-4-10(3)8-11(13)14/h4-5,8-9,12,15-16H,6-7H2,1-3H3. The number of aryl methyl sites for hydroxylation is 1. The number of hydrogen-bond donors (Lipinski definition) is 2. The minimum atomic E-state index is -3.91. The molecule has 108 valence electrons. The zero-order chi connectivity index (χ0) is 14.6. The van der Waals surface area contributed by atoms with E-state index < -0.39 is 21.9 Å². The number of hydrogen-bond acceptors (Lipinski definition) is 3. The van der Waals surface area contributed by atoms with Gasteiger partial charge in [0.05, 0.1) is 0 Å². The van der Waals surface area contributed by atoms with Crippen LogP contribution in [0.25, 0.3) is 0 Å². The summed E-state index contributed by atoms with van der Waals surface area (Å²) in [6.07, 6.45) is 0.296. The summed E-state index contributed by atoms with van der Waals surface area (Å²) < 4.78 is 40.4. The number of aliphatic hydroxyl groups is 1. The Morgan fingerprint density at radius 2 is 2.00 bits per heavy atom. The molecule has 0 spiro atoms. The van der Waals surface area contributed by atoms with Crippen LogP contribution < -0.4 is 4.72 Å². The molecule has 2 N–H and O–H groups in total. The fourth-order valence-electron chi connectivity index (χ4n) is 1.75. The van der Waals surface area contributed by atoms with Crippen LogP contribution in [0.15, 0.2) is 23.1 Å². The molecule has 0 aliphatic rings. The third-order valence-electron chi connectivity index (χ3n) is 2.93. The van der Waals surface area contributed by atoms with Crippen LogP contribution in [0, 0.1) is 18.7 Å². The van der Waals surface area contributed by atoms with E-state index in [1.54, 1.807) is 13.0 Å². The highest BCUT2D eigenvalue weighted by Gasteiger charge is 2.24. The van der Waals surface area contributed by atoms with Crippen LogP contribution in [0.5, 0.6) is 0 Å². The summed E-state index contributed by atoms with van der Waals surface area (Å²) in [6.45, 7) is 5.25. The van der Waals surface area contributed by atoms with Crippen molar-refractivity contribution in [2.24, 2.45) is 5.92 Å². The second-order valence-electron chi connectivity index (χ2n) is 4.92. The van der Waals surface area contributed by atoms with E-state index in [9.17, 15) is 12.8 Å². The molecule has 0 saturated heterocycles. The third kappa shape index (κ3) is 4.26. The van der Waals surface area contributed by atoms with Gasteiger partial charge in [-0.1, -0.05) is 19.9 Å². The summed E-state index contributed by atoms with van der Waals surface area (Å²) in [5.41, 5.74) is 0.659. The molecule has 19 heavy (non-hydrogen) atoms. The summed E-state index contributed by atoms with van der Waals surface area (Å²) in [7, 11) is -3.91. The lowest BCUT2D eigenvalue weighted by molar-refractivity contribution is 0.256. The molecule has 6 heteroatoms. The molecule has 0 radical (unpaired) electrons. The second-order valence-corrected chi connectivity index (χ2v) is 6.60. The van der Waals surface area contributed by atoms with Crippen LogP contribution in [0.2, 0.25) is 0 Å². The van der Waals surface area contributed by atoms with Crippen molar-refractivity contribution in [1.82, 2.24) is 4.72 Å². The fourth-order valence-corrected chi connectivity index (χ4v) is 3.23. The van der Waals surface area contributed by atoms with Crippen molar-refractivity contribution in [3.05, 3.63) is 29.6 Å². The van der Waals surface area contributed by atoms with Crippen LogP contribution in [-0.2, 0) is 10.0 Å². The second kappa shape index (κ2) is 6.45. The number of sulfonamides is 1. The molecule has 0 aliphatic heterocycles. The number of halogens is 1. The summed E-state index contributed by atoms with van der Waals surface area (Å²) in [4.78, 5) is -0.360. The molecule has 1 rings (SSSR count). The van der Waals surface area contributed by atoms with Crippen LogP contribution in [0.3, 0.4) is 0 Å². The van der Waals surface area contributed by atoms with E-state index in [4.69, 9.17) is 5.11 Å².